The summed E-state index contributed by atoms with van der Waals surface area (Å²) in [5, 5.41) is 2.88. The van der Waals surface area contributed by atoms with Crippen molar-refractivity contribution in [2.75, 3.05) is 5.32 Å². The van der Waals surface area contributed by atoms with Gasteiger partial charge in [0.15, 0.2) is 5.58 Å². The summed E-state index contributed by atoms with van der Waals surface area (Å²) in [5.74, 6) is 0.336. The van der Waals surface area contributed by atoms with Crippen molar-refractivity contribution in [3.8, 4) is 11.5 Å². The largest absolute Gasteiger partial charge is 0.436 e. The predicted octanol–water partition coefficient (Wildman–Crippen LogP) is 4.14. The van der Waals surface area contributed by atoms with Crippen LogP contribution in [0.5, 0.6) is 0 Å². The Bertz CT molecular complexity index is 976. The monoisotopic (exact) mass is 315 g/mol. The van der Waals surface area contributed by atoms with E-state index in [9.17, 15) is 4.79 Å². The lowest BCUT2D eigenvalue weighted by atomic mass is 10.1. The highest BCUT2D eigenvalue weighted by molar-refractivity contribution is 6.04. The Hall–Kier alpha value is -3.47. The minimum atomic E-state index is -0.158. The summed E-state index contributed by atoms with van der Waals surface area (Å²) < 4.78 is 5.73. The van der Waals surface area contributed by atoms with Gasteiger partial charge in [-0.1, -0.05) is 24.3 Å². The van der Waals surface area contributed by atoms with Gasteiger partial charge < -0.3 is 9.73 Å². The third kappa shape index (κ3) is 2.75. The summed E-state index contributed by atoms with van der Waals surface area (Å²) in [6.07, 6.45) is 3.32. The van der Waals surface area contributed by atoms with Gasteiger partial charge in [0, 0.05) is 29.1 Å². The SMILES string of the molecule is O=C(Nc1cccc(-c2nc3cnccc3o2)c1)c1ccccc1. The maximum absolute atomic E-state index is 12.2. The van der Waals surface area contributed by atoms with Crippen LogP contribution in [-0.4, -0.2) is 15.9 Å². The third-order valence-electron chi connectivity index (χ3n) is 3.59. The fourth-order valence-corrected chi connectivity index (χ4v) is 2.43. The van der Waals surface area contributed by atoms with Gasteiger partial charge in [-0.3, -0.25) is 9.78 Å². The zero-order valence-electron chi connectivity index (χ0n) is 12.6. The van der Waals surface area contributed by atoms with E-state index in [1.54, 1.807) is 30.6 Å². The van der Waals surface area contributed by atoms with Crippen LogP contribution in [0.3, 0.4) is 0 Å². The molecule has 2 aromatic carbocycles. The van der Waals surface area contributed by atoms with Gasteiger partial charge in [-0.25, -0.2) is 4.98 Å². The number of carbonyl (C=O) groups excluding carboxylic acids is 1. The van der Waals surface area contributed by atoms with Gasteiger partial charge in [-0.05, 0) is 30.3 Å². The molecule has 0 bridgehead atoms. The lowest BCUT2D eigenvalue weighted by Crippen LogP contribution is -2.11. The van der Waals surface area contributed by atoms with Crippen molar-refractivity contribution < 1.29 is 9.21 Å². The normalized spacial score (nSPS) is 10.7. The number of hydrogen-bond acceptors (Lipinski definition) is 4. The van der Waals surface area contributed by atoms with Crippen LogP contribution in [-0.2, 0) is 0 Å². The van der Waals surface area contributed by atoms with Crippen molar-refractivity contribution in [1.29, 1.82) is 0 Å². The Morgan fingerprint density at radius 1 is 1.00 bits per heavy atom. The van der Waals surface area contributed by atoms with Gasteiger partial charge in [0.1, 0.15) is 5.52 Å². The topological polar surface area (TPSA) is 68.0 Å². The molecule has 0 saturated carbocycles. The van der Waals surface area contributed by atoms with Crippen molar-refractivity contribution in [3.05, 3.63) is 78.6 Å². The number of fused-ring (bicyclic) bond motifs is 1. The molecule has 116 valence electrons. The number of amides is 1. The standard InChI is InChI=1S/C19H13N3O2/c23-18(13-5-2-1-3-6-13)21-15-8-4-7-14(11-15)19-22-16-12-20-10-9-17(16)24-19/h1-12H,(H,21,23). The molecule has 2 heterocycles. The first-order chi connectivity index (χ1) is 11.8. The van der Waals surface area contributed by atoms with Crippen molar-refractivity contribution in [1.82, 2.24) is 9.97 Å². The first-order valence-corrected chi connectivity index (χ1v) is 7.47. The average molecular weight is 315 g/mol. The Kier molecular flexibility index (Phi) is 3.51. The van der Waals surface area contributed by atoms with Crippen LogP contribution < -0.4 is 5.32 Å². The van der Waals surface area contributed by atoms with Gasteiger partial charge in [-0.2, -0.15) is 0 Å². The smallest absolute Gasteiger partial charge is 0.255 e. The van der Waals surface area contributed by atoms with Crippen molar-refractivity contribution in [2.24, 2.45) is 0 Å². The first kappa shape index (κ1) is 14.1. The zero-order valence-corrected chi connectivity index (χ0v) is 12.6. The Morgan fingerprint density at radius 3 is 2.71 bits per heavy atom. The van der Waals surface area contributed by atoms with Crippen LogP contribution in [0, 0.1) is 0 Å². The Morgan fingerprint density at radius 2 is 1.88 bits per heavy atom. The number of aromatic nitrogens is 2. The number of carbonyl (C=O) groups is 1. The molecule has 0 spiro atoms. The van der Waals surface area contributed by atoms with Crippen LogP contribution in [0.2, 0.25) is 0 Å². The summed E-state index contributed by atoms with van der Waals surface area (Å²) in [7, 11) is 0. The second-order valence-corrected chi connectivity index (χ2v) is 5.26. The van der Waals surface area contributed by atoms with E-state index in [0.29, 0.717) is 28.2 Å². The van der Waals surface area contributed by atoms with Gasteiger partial charge in [0.2, 0.25) is 5.89 Å². The number of pyridine rings is 1. The summed E-state index contributed by atoms with van der Waals surface area (Å²) in [6, 6.07) is 18.2. The number of hydrogen-bond donors (Lipinski definition) is 1. The van der Waals surface area contributed by atoms with Crippen LogP contribution in [0.15, 0.2) is 77.5 Å². The molecule has 2 aromatic heterocycles. The van der Waals surface area contributed by atoms with E-state index < -0.39 is 0 Å². The highest BCUT2D eigenvalue weighted by Crippen LogP contribution is 2.25. The van der Waals surface area contributed by atoms with Gasteiger partial charge >= 0.3 is 0 Å². The molecule has 4 aromatic rings. The second-order valence-electron chi connectivity index (χ2n) is 5.26. The molecular formula is C19H13N3O2. The van der Waals surface area contributed by atoms with E-state index >= 15 is 0 Å². The third-order valence-corrected chi connectivity index (χ3v) is 3.59. The number of anilines is 1. The Balaban J connectivity index is 1.63. The van der Waals surface area contributed by atoms with Crippen molar-refractivity contribution in [2.45, 2.75) is 0 Å². The number of benzene rings is 2. The molecule has 0 atom stereocenters. The molecule has 0 saturated heterocycles. The van der Waals surface area contributed by atoms with Gasteiger partial charge in [0.25, 0.3) is 5.91 Å². The molecule has 5 nitrogen and oxygen atoms in total. The van der Waals surface area contributed by atoms with E-state index in [4.69, 9.17) is 4.42 Å². The molecule has 5 heteroatoms. The molecule has 0 aliphatic heterocycles. The van der Waals surface area contributed by atoms with E-state index in [1.807, 2.05) is 42.5 Å². The quantitative estimate of drug-likeness (QED) is 0.617. The first-order valence-electron chi connectivity index (χ1n) is 7.47. The van der Waals surface area contributed by atoms with Gasteiger partial charge in [0.05, 0.1) is 6.20 Å². The van der Waals surface area contributed by atoms with Gasteiger partial charge in [-0.15, -0.1) is 0 Å². The van der Waals surface area contributed by atoms with Crippen molar-refractivity contribution in [3.63, 3.8) is 0 Å². The average Bonchev–Trinajstić information content (AvgIpc) is 3.07. The summed E-state index contributed by atoms with van der Waals surface area (Å²) in [5.41, 5.74) is 3.46. The zero-order chi connectivity index (χ0) is 16.4. The highest BCUT2D eigenvalue weighted by atomic mass is 16.3. The minimum Gasteiger partial charge on any atom is -0.436 e. The lowest BCUT2D eigenvalue weighted by Gasteiger charge is -2.06. The molecule has 4 rings (SSSR count). The Labute approximate surface area is 138 Å². The molecule has 0 aliphatic carbocycles. The van der Waals surface area contributed by atoms with Crippen LogP contribution in [0.25, 0.3) is 22.6 Å². The maximum atomic E-state index is 12.2. The molecular weight excluding hydrogens is 302 g/mol. The molecule has 0 unspecified atom stereocenters. The van der Waals surface area contributed by atoms with E-state index in [1.165, 1.54) is 0 Å². The highest BCUT2D eigenvalue weighted by Gasteiger charge is 2.10. The molecule has 24 heavy (non-hydrogen) atoms. The molecule has 0 aliphatic rings. The van der Waals surface area contributed by atoms with Crippen LogP contribution in [0.1, 0.15) is 10.4 Å². The molecule has 0 fully saturated rings. The van der Waals surface area contributed by atoms with E-state index in [-0.39, 0.29) is 5.91 Å². The molecule has 1 N–H and O–H groups in total. The lowest BCUT2D eigenvalue weighted by molar-refractivity contribution is 0.102. The van der Waals surface area contributed by atoms with E-state index in [2.05, 4.69) is 15.3 Å². The fraction of sp³-hybridized carbons (Fsp3) is 0. The maximum Gasteiger partial charge on any atom is 0.255 e. The van der Waals surface area contributed by atoms with Crippen LogP contribution in [0.4, 0.5) is 5.69 Å². The summed E-state index contributed by atoms with van der Waals surface area (Å²) in [6.45, 7) is 0. The predicted molar refractivity (Wildman–Crippen MR) is 91.6 cm³/mol. The fourth-order valence-electron chi connectivity index (χ4n) is 2.43. The minimum absolute atomic E-state index is 0.158. The number of nitrogens with zero attached hydrogens (tertiary/aromatic N) is 2. The summed E-state index contributed by atoms with van der Waals surface area (Å²) in [4.78, 5) is 20.7. The number of nitrogens with one attached hydrogen (secondary N) is 1. The molecule has 1 amide bonds. The van der Waals surface area contributed by atoms with Crippen LogP contribution >= 0.6 is 0 Å². The number of oxazole rings is 1. The molecule has 0 radical (unpaired) electrons. The summed E-state index contributed by atoms with van der Waals surface area (Å²) >= 11 is 0. The van der Waals surface area contributed by atoms with Crippen molar-refractivity contribution >= 4 is 22.7 Å². The second kappa shape index (κ2) is 5.96. The van der Waals surface area contributed by atoms with E-state index in [0.717, 1.165) is 5.56 Å². The number of rotatable bonds is 3.